The van der Waals surface area contributed by atoms with Crippen molar-refractivity contribution in [2.75, 3.05) is 5.32 Å². The summed E-state index contributed by atoms with van der Waals surface area (Å²) >= 11 is 0. The van der Waals surface area contributed by atoms with Crippen LogP contribution in [0.2, 0.25) is 0 Å². The fraction of sp³-hybridized carbons (Fsp3) is 0.643. The van der Waals surface area contributed by atoms with E-state index in [1.807, 2.05) is 0 Å². The molecular weight excluding hydrogens is 253 g/mol. The van der Waals surface area contributed by atoms with Gasteiger partial charge in [0.2, 0.25) is 0 Å². The van der Waals surface area contributed by atoms with Crippen molar-refractivity contribution >= 4 is 5.82 Å². The summed E-state index contributed by atoms with van der Waals surface area (Å²) in [6.07, 6.45) is 0.905. The molecule has 0 amide bonds. The van der Waals surface area contributed by atoms with E-state index < -0.39 is 11.7 Å². The van der Waals surface area contributed by atoms with Gasteiger partial charge in [-0.2, -0.15) is 13.2 Å². The minimum Gasteiger partial charge on any atom is -0.366 e. The Hall–Kier alpha value is -1.26. The van der Waals surface area contributed by atoms with Crippen LogP contribution in [-0.2, 0) is 6.18 Å². The lowest BCUT2D eigenvalue weighted by Crippen LogP contribution is -2.17. The van der Waals surface area contributed by atoms with Crippen molar-refractivity contribution in [3.05, 3.63) is 23.9 Å². The van der Waals surface area contributed by atoms with Crippen LogP contribution in [0, 0.1) is 23.7 Å². The molecule has 0 radical (unpaired) electrons. The first-order valence-electron chi connectivity index (χ1n) is 6.84. The Labute approximate surface area is 109 Å². The van der Waals surface area contributed by atoms with Gasteiger partial charge in [0.1, 0.15) is 5.82 Å². The van der Waals surface area contributed by atoms with Crippen LogP contribution >= 0.6 is 0 Å². The topological polar surface area (TPSA) is 24.9 Å². The normalized spacial score (nSPS) is 39.2. The average molecular weight is 268 g/mol. The number of pyridine rings is 1. The fourth-order valence-corrected chi connectivity index (χ4v) is 4.43. The van der Waals surface area contributed by atoms with Crippen molar-refractivity contribution in [3.63, 3.8) is 0 Å². The van der Waals surface area contributed by atoms with E-state index in [2.05, 4.69) is 10.3 Å². The van der Waals surface area contributed by atoms with Crippen LogP contribution in [0.3, 0.4) is 0 Å². The fourth-order valence-electron chi connectivity index (χ4n) is 4.43. The first-order valence-corrected chi connectivity index (χ1v) is 6.84. The first-order chi connectivity index (χ1) is 9.05. The van der Waals surface area contributed by atoms with Crippen molar-refractivity contribution in [2.45, 2.75) is 31.5 Å². The largest absolute Gasteiger partial charge is 0.419 e. The molecule has 3 saturated carbocycles. The maximum atomic E-state index is 12.9. The van der Waals surface area contributed by atoms with Crippen molar-refractivity contribution in [1.82, 2.24) is 4.98 Å². The Balaban J connectivity index is 1.56. The quantitative estimate of drug-likeness (QED) is 0.887. The summed E-state index contributed by atoms with van der Waals surface area (Å²) in [7, 11) is 0. The highest BCUT2D eigenvalue weighted by molar-refractivity contribution is 5.48. The van der Waals surface area contributed by atoms with Crippen LogP contribution in [0.4, 0.5) is 19.0 Å². The standard InChI is InChI=1S/C14H15F3N2/c15-14(16,17)9-2-1-5-18-13(9)19-12-10-7-3-4-8(6-7)11(10)12/h1-2,5,7-8,10-12H,3-4,6H2,(H,18,19). The SMILES string of the molecule is FC(F)(F)c1cccnc1NC1C2C3CCC(C3)C12. The third-order valence-corrected chi connectivity index (χ3v) is 5.15. The third-order valence-electron chi connectivity index (χ3n) is 5.15. The van der Waals surface area contributed by atoms with Gasteiger partial charge in [-0.05, 0) is 55.1 Å². The molecule has 2 bridgehead atoms. The molecule has 3 fully saturated rings. The molecule has 4 atom stereocenters. The molecule has 3 aliphatic carbocycles. The Kier molecular flexibility index (Phi) is 2.22. The van der Waals surface area contributed by atoms with Gasteiger partial charge in [0.15, 0.2) is 0 Å². The maximum absolute atomic E-state index is 12.9. The molecule has 2 nitrogen and oxygen atoms in total. The third kappa shape index (κ3) is 1.66. The van der Waals surface area contributed by atoms with E-state index in [1.165, 1.54) is 31.5 Å². The van der Waals surface area contributed by atoms with Gasteiger partial charge in [0, 0.05) is 12.2 Å². The van der Waals surface area contributed by atoms with Crippen LogP contribution in [0.15, 0.2) is 18.3 Å². The van der Waals surface area contributed by atoms with E-state index in [1.54, 1.807) is 0 Å². The van der Waals surface area contributed by atoms with Gasteiger partial charge in [-0.15, -0.1) is 0 Å². The summed E-state index contributed by atoms with van der Waals surface area (Å²) < 4.78 is 38.7. The molecule has 0 saturated heterocycles. The lowest BCUT2D eigenvalue weighted by Gasteiger charge is -2.15. The summed E-state index contributed by atoms with van der Waals surface area (Å²) in [5.74, 6) is 2.69. The minimum atomic E-state index is -4.33. The van der Waals surface area contributed by atoms with Crippen LogP contribution in [-0.4, -0.2) is 11.0 Å². The summed E-state index contributed by atoms with van der Waals surface area (Å²) in [5.41, 5.74) is -0.646. The highest BCUT2D eigenvalue weighted by Crippen LogP contribution is 2.66. The predicted molar refractivity (Wildman–Crippen MR) is 64.5 cm³/mol. The molecule has 0 aliphatic heterocycles. The van der Waals surface area contributed by atoms with E-state index in [-0.39, 0.29) is 11.9 Å². The number of rotatable bonds is 2. The number of hydrogen-bond donors (Lipinski definition) is 1. The summed E-state index contributed by atoms with van der Waals surface area (Å²) in [6, 6.07) is 2.66. The molecule has 1 aromatic rings. The van der Waals surface area contributed by atoms with Crippen LogP contribution in [0.5, 0.6) is 0 Å². The highest BCUT2D eigenvalue weighted by Gasteiger charge is 2.65. The van der Waals surface area contributed by atoms with Gasteiger partial charge in [0.25, 0.3) is 0 Å². The molecule has 19 heavy (non-hydrogen) atoms. The molecule has 0 aromatic carbocycles. The molecule has 1 heterocycles. The highest BCUT2D eigenvalue weighted by atomic mass is 19.4. The first kappa shape index (κ1) is 11.6. The number of hydrogen-bond acceptors (Lipinski definition) is 2. The molecule has 4 rings (SSSR count). The van der Waals surface area contributed by atoms with Gasteiger partial charge < -0.3 is 5.32 Å². The minimum absolute atomic E-state index is 0.00815. The van der Waals surface area contributed by atoms with Gasteiger partial charge in [-0.1, -0.05) is 0 Å². The zero-order valence-corrected chi connectivity index (χ0v) is 10.3. The monoisotopic (exact) mass is 268 g/mol. The van der Waals surface area contributed by atoms with Gasteiger partial charge >= 0.3 is 6.18 Å². The molecule has 3 aliphatic rings. The van der Waals surface area contributed by atoms with Crippen LogP contribution in [0.1, 0.15) is 24.8 Å². The number of halogens is 3. The van der Waals surface area contributed by atoms with Crippen molar-refractivity contribution in [3.8, 4) is 0 Å². The second-order valence-corrected chi connectivity index (χ2v) is 6.06. The Morgan fingerprint density at radius 2 is 1.84 bits per heavy atom. The van der Waals surface area contributed by atoms with Gasteiger partial charge in [-0.25, -0.2) is 4.98 Å². The van der Waals surface area contributed by atoms with Crippen molar-refractivity contribution in [1.29, 1.82) is 0 Å². The summed E-state index contributed by atoms with van der Waals surface area (Å²) in [5, 5.41) is 3.06. The number of nitrogens with zero attached hydrogens (tertiary/aromatic N) is 1. The van der Waals surface area contributed by atoms with E-state index >= 15 is 0 Å². The summed E-state index contributed by atoms with van der Waals surface area (Å²) in [4.78, 5) is 3.89. The van der Waals surface area contributed by atoms with Crippen molar-refractivity contribution in [2.24, 2.45) is 23.7 Å². The van der Waals surface area contributed by atoms with E-state index in [4.69, 9.17) is 0 Å². The molecule has 4 unspecified atom stereocenters. The number of alkyl halides is 3. The number of nitrogens with one attached hydrogen (secondary N) is 1. The Morgan fingerprint density at radius 1 is 1.16 bits per heavy atom. The Morgan fingerprint density at radius 3 is 2.47 bits per heavy atom. The van der Waals surface area contributed by atoms with Crippen molar-refractivity contribution < 1.29 is 13.2 Å². The molecular formula is C14H15F3N2. The predicted octanol–water partition coefficient (Wildman–Crippen LogP) is 3.56. The van der Waals surface area contributed by atoms with E-state index in [9.17, 15) is 13.2 Å². The average Bonchev–Trinajstić information content (AvgIpc) is 2.77. The molecule has 102 valence electrons. The lowest BCUT2D eigenvalue weighted by atomic mass is 10.0. The number of fused-ring (bicyclic) bond motifs is 5. The van der Waals surface area contributed by atoms with Gasteiger partial charge in [-0.3, -0.25) is 0 Å². The maximum Gasteiger partial charge on any atom is 0.419 e. The zero-order valence-electron chi connectivity index (χ0n) is 10.3. The second kappa shape index (κ2) is 3.64. The van der Waals surface area contributed by atoms with Gasteiger partial charge in [0.05, 0.1) is 5.56 Å². The lowest BCUT2D eigenvalue weighted by molar-refractivity contribution is -0.137. The smallest absolute Gasteiger partial charge is 0.366 e. The zero-order chi connectivity index (χ0) is 13.2. The molecule has 0 spiro atoms. The second-order valence-electron chi connectivity index (χ2n) is 6.06. The number of anilines is 1. The molecule has 1 N–H and O–H groups in total. The number of aromatic nitrogens is 1. The molecule has 1 aromatic heterocycles. The Bertz CT molecular complexity index is 498. The van der Waals surface area contributed by atoms with E-state index in [0.29, 0.717) is 11.8 Å². The van der Waals surface area contributed by atoms with E-state index in [0.717, 1.165) is 17.9 Å². The van der Waals surface area contributed by atoms with Crippen LogP contribution in [0.25, 0.3) is 0 Å². The molecule has 5 heteroatoms. The summed E-state index contributed by atoms with van der Waals surface area (Å²) in [6.45, 7) is 0. The van der Waals surface area contributed by atoms with Crippen LogP contribution < -0.4 is 5.32 Å².